The average molecular weight is 137 g/mol. The van der Waals surface area contributed by atoms with E-state index in [0.717, 1.165) is 5.82 Å². The van der Waals surface area contributed by atoms with Gasteiger partial charge in [-0.25, -0.2) is 0 Å². The first kappa shape index (κ1) is 5.77. The van der Waals surface area contributed by atoms with Crippen LogP contribution in [0.2, 0.25) is 0 Å². The van der Waals surface area contributed by atoms with Crippen molar-refractivity contribution in [3.05, 3.63) is 11.8 Å². The van der Waals surface area contributed by atoms with Gasteiger partial charge in [0.2, 0.25) is 0 Å². The zero-order valence-electron chi connectivity index (χ0n) is 6.04. The minimum absolute atomic E-state index is 0.716. The van der Waals surface area contributed by atoms with Crippen molar-refractivity contribution in [1.29, 1.82) is 0 Å². The van der Waals surface area contributed by atoms with Crippen molar-refractivity contribution in [2.24, 2.45) is 7.05 Å². The Hall–Kier alpha value is -0.990. The fourth-order valence-corrected chi connectivity index (χ4v) is 1.17. The molecule has 1 fully saturated rings. The van der Waals surface area contributed by atoms with Crippen molar-refractivity contribution < 1.29 is 0 Å². The van der Waals surface area contributed by atoms with E-state index in [0.29, 0.717) is 5.92 Å². The van der Waals surface area contributed by atoms with Gasteiger partial charge in [0.05, 0.1) is 6.20 Å². The van der Waals surface area contributed by atoms with Crippen molar-refractivity contribution in [2.45, 2.75) is 18.8 Å². The van der Waals surface area contributed by atoms with Gasteiger partial charge in [0.1, 0.15) is 5.82 Å². The molecule has 3 heteroatoms. The molecule has 1 heterocycles. The molecule has 0 radical (unpaired) electrons. The Morgan fingerprint density at radius 3 is 2.80 bits per heavy atom. The maximum absolute atomic E-state index is 5.74. The SMILES string of the molecule is Cn1ncc(C2CC2)c1N. The zero-order chi connectivity index (χ0) is 7.14. The van der Waals surface area contributed by atoms with Gasteiger partial charge >= 0.3 is 0 Å². The molecule has 2 rings (SSSR count). The molecule has 0 aromatic carbocycles. The first-order chi connectivity index (χ1) is 4.79. The first-order valence-corrected chi connectivity index (χ1v) is 3.56. The monoisotopic (exact) mass is 137 g/mol. The highest BCUT2D eigenvalue weighted by Gasteiger charge is 2.27. The van der Waals surface area contributed by atoms with Crippen molar-refractivity contribution in [1.82, 2.24) is 9.78 Å². The molecule has 10 heavy (non-hydrogen) atoms. The smallest absolute Gasteiger partial charge is 0.124 e. The molecule has 0 aliphatic heterocycles. The third-order valence-corrected chi connectivity index (χ3v) is 2.03. The summed E-state index contributed by atoms with van der Waals surface area (Å²) in [7, 11) is 1.88. The minimum atomic E-state index is 0.716. The number of hydrogen-bond donors (Lipinski definition) is 1. The summed E-state index contributed by atoms with van der Waals surface area (Å²) < 4.78 is 1.73. The topological polar surface area (TPSA) is 43.8 Å². The Kier molecular flexibility index (Phi) is 1.01. The summed E-state index contributed by atoms with van der Waals surface area (Å²) in [5.41, 5.74) is 6.98. The fraction of sp³-hybridized carbons (Fsp3) is 0.571. The molecule has 1 saturated carbocycles. The van der Waals surface area contributed by atoms with Gasteiger partial charge in [-0.15, -0.1) is 0 Å². The molecule has 1 aromatic rings. The van der Waals surface area contributed by atoms with Gasteiger partial charge in [-0.1, -0.05) is 0 Å². The van der Waals surface area contributed by atoms with E-state index in [9.17, 15) is 0 Å². The molecule has 3 nitrogen and oxygen atoms in total. The van der Waals surface area contributed by atoms with Crippen LogP contribution in [0.1, 0.15) is 24.3 Å². The first-order valence-electron chi connectivity index (χ1n) is 3.56. The van der Waals surface area contributed by atoms with Crippen LogP contribution in [0, 0.1) is 0 Å². The molecule has 2 N–H and O–H groups in total. The van der Waals surface area contributed by atoms with E-state index in [1.54, 1.807) is 4.68 Å². The molecule has 0 unspecified atom stereocenters. The summed E-state index contributed by atoms with van der Waals surface area (Å²) in [6.45, 7) is 0. The Labute approximate surface area is 59.8 Å². The van der Waals surface area contributed by atoms with Crippen LogP contribution in [0.5, 0.6) is 0 Å². The standard InChI is InChI=1S/C7H11N3/c1-10-7(8)6(4-9-10)5-2-3-5/h4-5H,2-3,8H2,1H3. The highest BCUT2D eigenvalue weighted by Crippen LogP contribution is 2.42. The van der Waals surface area contributed by atoms with Crippen LogP contribution in [0.3, 0.4) is 0 Å². The second-order valence-corrected chi connectivity index (χ2v) is 2.88. The Bertz CT molecular complexity index is 247. The lowest BCUT2D eigenvalue weighted by Crippen LogP contribution is -1.98. The summed E-state index contributed by atoms with van der Waals surface area (Å²) in [5, 5.41) is 4.07. The fourth-order valence-electron chi connectivity index (χ4n) is 1.17. The third kappa shape index (κ3) is 0.701. The van der Waals surface area contributed by atoms with Gasteiger partial charge in [-0.05, 0) is 18.8 Å². The lowest BCUT2D eigenvalue weighted by molar-refractivity contribution is 0.778. The normalized spacial score (nSPS) is 17.7. The molecule has 1 aliphatic carbocycles. The highest BCUT2D eigenvalue weighted by molar-refractivity contribution is 5.42. The number of anilines is 1. The Morgan fingerprint density at radius 2 is 2.40 bits per heavy atom. The van der Waals surface area contributed by atoms with Crippen molar-refractivity contribution in [3.63, 3.8) is 0 Å². The molecule has 0 saturated heterocycles. The van der Waals surface area contributed by atoms with Crippen LogP contribution in [0.15, 0.2) is 6.20 Å². The molecule has 0 amide bonds. The maximum Gasteiger partial charge on any atom is 0.124 e. The van der Waals surface area contributed by atoms with E-state index in [2.05, 4.69) is 5.10 Å². The van der Waals surface area contributed by atoms with E-state index in [4.69, 9.17) is 5.73 Å². The van der Waals surface area contributed by atoms with Crippen LogP contribution in [0.4, 0.5) is 5.82 Å². The van der Waals surface area contributed by atoms with Crippen LogP contribution in [-0.4, -0.2) is 9.78 Å². The van der Waals surface area contributed by atoms with Gasteiger partial charge < -0.3 is 5.73 Å². The third-order valence-electron chi connectivity index (χ3n) is 2.03. The van der Waals surface area contributed by atoms with Crippen molar-refractivity contribution in [3.8, 4) is 0 Å². The Balaban J connectivity index is 2.40. The van der Waals surface area contributed by atoms with E-state index in [1.807, 2.05) is 13.2 Å². The van der Waals surface area contributed by atoms with Crippen LogP contribution >= 0.6 is 0 Å². The van der Waals surface area contributed by atoms with Gasteiger partial charge in [0.15, 0.2) is 0 Å². The van der Waals surface area contributed by atoms with Gasteiger partial charge in [0, 0.05) is 12.6 Å². The summed E-state index contributed by atoms with van der Waals surface area (Å²) in [6, 6.07) is 0. The lowest BCUT2D eigenvalue weighted by atomic mass is 10.2. The van der Waals surface area contributed by atoms with Gasteiger partial charge in [-0.2, -0.15) is 5.10 Å². The number of rotatable bonds is 1. The van der Waals surface area contributed by atoms with Gasteiger partial charge in [-0.3, -0.25) is 4.68 Å². The van der Waals surface area contributed by atoms with E-state index >= 15 is 0 Å². The summed E-state index contributed by atoms with van der Waals surface area (Å²) in [6.07, 6.45) is 4.46. The van der Waals surface area contributed by atoms with E-state index < -0.39 is 0 Å². The zero-order valence-corrected chi connectivity index (χ0v) is 6.04. The quantitative estimate of drug-likeness (QED) is 0.624. The Morgan fingerprint density at radius 1 is 1.70 bits per heavy atom. The molecule has 1 aromatic heterocycles. The van der Waals surface area contributed by atoms with Gasteiger partial charge in [0.25, 0.3) is 0 Å². The molecule has 54 valence electrons. The lowest BCUT2D eigenvalue weighted by Gasteiger charge is -1.95. The van der Waals surface area contributed by atoms with Crippen molar-refractivity contribution >= 4 is 5.82 Å². The maximum atomic E-state index is 5.74. The molecule has 0 spiro atoms. The molecular formula is C7H11N3. The minimum Gasteiger partial charge on any atom is -0.384 e. The van der Waals surface area contributed by atoms with Crippen molar-refractivity contribution in [2.75, 3.05) is 5.73 Å². The number of aromatic nitrogens is 2. The van der Waals surface area contributed by atoms with Crippen LogP contribution in [0.25, 0.3) is 0 Å². The predicted octanol–water partition coefficient (Wildman–Crippen LogP) is 0.880. The second kappa shape index (κ2) is 1.75. The number of nitrogens with two attached hydrogens (primary N) is 1. The second-order valence-electron chi connectivity index (χ2n) is 2.88. The summed E-state index contributed by atoms with van der Waals surface area (Å²) >= 11 is 0. The van der Waals surface area contributed by atoms with E-state index in [1.165, 1.54) is 18.4 Å². The largest absolute Gasteiger partial charge is 0.384 e. The molecular weight excluding hydrogens is 126 g/mol. The summed E-state index contributed by atoms with van der Waals surface area (Å²) in [5.74, 6) is 1.55. The number of hydrogen-bond acceptors (Lipinski definition) is 2. The van der Waals surface area contributed by atoms with Crippen LogP contribution < -0.4 is 5.73 Å². The predicted molar refractivity (Wildman–Crippen MR) is 39.6 cm³/mol. The summed E-state index contributed by atoms with van der Waals surface area (Å²) in [4.78, 5) is 0. The average Bonchev–Trinajstić information content (AvgIpc) is 2.67. The number of nitrogens with zero attached hydrogens (tertiary/aromatic N) is 2. The molecule has 0 bridgehead atoms. The number of nitrogen functional groups attached to an aromatic ring is 1. The number of aryl methyl sites for hydroxylation is 1. The van der Waals surface area contributed by atoms with E-state index in [-0.39, 0.29) is 0 Å². The molecule has 1 aliphatic rings. The molecule has 0 atom stereocenters. The van der Waals surface area contributed by atoms with Crippen LogP contribution in [-0.2, 0) is 7.05 Å². The highest BCUT2D eigenvalue weighted by atomic mass is 15.3.